The van der Waals surface area contributed by atoms with Crippen LogP contribution in [0.15, 0.2) is 57.9 Å². The van der Waals surface area contributed by atoms with Crippen LogP contribution < -0.4 is 10.6 Å². The maximum Gasteiger partial charge on any atom is 0.243 e. The molecule has 0 saturated carbocycles. The van der Waals surface area contributed by atoms with Gasteiger partial charge >= 0.3 is 0 Å². The zero-order valence-corrected chi connectivity index (χ0v) is 17.0. The molecule has 1 fully saturated rings. The number of morpholine rings is 1. The number of nitrogens with zero attached hydrogens (tertiary/aromatic N) is 1. The second-order valence-electron chi connectivity index (χ2n) is 5.63. The van der Waals surface area contributed by atoms with E-state index >= 15 is 0 Å². The molecule has 0 unspecified atom stereocenters. The minimum absolute atomic E-state index is 0.261. The van der Waals surface area contributed by atoms with Gasteiger partial charge in [-0.15, -0.1) is 0 Å². The first-order chi connectivity index (χ1) is 12.4. The first-order valence-corrected chi connectivity index (χ1v) is 10.6. The van der Waals surface area contributed by atoms with Crippen molar-refractivity contribution in [2.75, 3.05) is 36.9 Å². The molecular formula is C17H18BrN3O3S2. The SMILES string of the molecule is O=S(=O)(c1ccc(NC(=S)Nc2ccc(Br)cc2)cc1)N1CCOCC1. The quantitative estimate of drug-likeness (QED) is 0.689. The van der Waals surface area contributed by atoms with E-state index in [0.29, 0.717) is 37.1 Å². The number of hydrogen-bond donors (Lipinski definition) is 2. The predicted octanol–water partition coefficient (Wildman–Crippen LogP) is 3.28. The minimum Gasteiger partial charge on any atom is -0.379 e. The molecule has 9 heteroatoms. The molecule has 1 heterocycles. The molecule has 0 spiro atoms. The summed E-state index contributed by atoms with van der Waals surface area (Å²) in [4.78, 5) is 0.261. The average molecular weight is 456 g/mol. The summed E-state index contributed by atoms with van der Waals surface area (Å²) < 4.78 is 32.8. The van der Waals surface area contributed by atoms with Crippen molar-refractivity contribution in [3.8, 4) is 0 Å². The van der Waals surface area contributed by atoms with E-state index < -0.39 is 10.0 Å². The molecule has 2 aromatic rings. The van der Waals surface area contributed by atoms with Crippen molar-refractivity contribution in [1.82, 2.24) is 4.31 Å². The first-order valence-electron chi connectivity index (χ1n) is 7.97. The number of nitrogens with one attached hydrogen (secondary N) is 2. The number of benzene rings is 2. The fraction of sp³-hybridized carbons (Fsp3) is 0.235. The van der Waals surface area contributed by atoms with Crippen molar-refractivity contribution in [3.63, 3.8) is 0 Å². The van der Waals surface area contributed by atoms with Crippen molar-refractivity contribution >= 4 is 54.7 Å². The van der Waals surface area contributed by atoms with E-state index in [-0.39, 0.29) is 4.90 Å². The van der Waals surface area contributed by atoms with Crippen LogP contribution in [0.3, 0.4) is 0 Å². The zero-order valence-electron chi connectivity index (χ0n) is 13.8. The topological polar surface area (TPSA) is 70.7 Å². The van der Waals surface area contributed by atoms with Gasteiger partial charge in [0, 0.05) is 28.9 Å². The van der Waals surface area contributed by atoms with Gasteiger partial charge in [-0.05, 0) is 60.7 Å². The highest BCUT2D eigenvalue weighted by molar-refractivity contribution is 9.10. The Morgan fingerprint density at radius 2 is 1.46 bits per heavy atom. The molecule has 6 nitrogen and oxygen atoms in total. The highest BCUT2D eigenvalue weighted by atomic mass is 79.9. The lowest BCUT2D eigenvalue weighted by molar-refractivity contribution is 0.0730. The Morgan fingerprint density at radius 1 is 0.962 bits per heavy atom. The number of hydrogen-bond acceptors (Lipinski definition) is 4. The van der Waals surface area contributed by atoms with Crippen LogP contribution in [0.1, 0.15) is 0 Å². The number of thiocarbonyl (C=S) groups is 1. The number of halogens is 1. The molecule has 3 rings (SSSR count). The summed E-state index contributed by atoms with van der Waals surface area (Å²) in [5, 5.41) is 6.54. The molecule has 2 N–H and O–H groups in total. The molecule has 138 valence electrons. The van der Waals surface area contributed by atoms with Crippen LogP contribution in [0.2, 0.25) is 0 Å². The van der Waals surface area contributed by atoms with Gasteiger partial charge in [-0.1, -0.05) is 15.9 Å². The van der Waals surface area contributed by atoms with Gasteiger partial charge in [-0.3, -0.25) is 0 Å². The first kappa shape index (κ1) is 19.2. The van der Waals surface area contributed by atoms with Crippen LogP contribution in [0.25, 0.3) is 0 Å². The van der Waals surface area contributed by atoms with Crippen LogP contribution in [-0.2, 0) is 14.8 Å². The Balaban J connectivity index is 1.63. The predicted molar refractivity (Wildman–Crippen MR) is 110 cm³/mol. The van der Waals surface area contributed by atoms with E-state index in [2.05, 4.69) is 26.6 Å². The summed E-state index contributed by atoms with van der Waals surface area (Å²) >= 11 is 8.67. The van der Waals surface area contributed by atoms with E-state index in [9.17, 15) is 8.42 Å². The van der Waals surface area contributed by atoms with E-state index in [4.69, 9.17) is 17.0 Å². The normalized spacial score (nSPS) is 15.4. The fourth-order valence-electron chi connectivity index (χ4n) is 2.47. The van der Waals surface area contributed by atoms with Gasteiger partial charge < -0.3 is 15.4 Å². The van der Waals surface area contributed by atoms with Gasteiger partial charge in [0.1, 0.15) is 0 Å². The molecule has 0 aromatic heterocycles. The summed E-state index contributed by atoms with van der Waals surface area (Å²) in [5.74, 6) is 0. The lowest BCUT2D eigenvalue weighted by Gasteiger charge is -2.26. The maximum atomic E-state index is 12.6. The third kappa shape index (κ3) is 4.80. The Hall–Kier alpha value is -1.52. The van der Waals surface area contributed by atoms with Crippen molar-refractivity contribution in [2.45, 2.75) is 4.90 Å². The Kier molecular flexibility index (Phi) is 6.25. The largest absolute Gasteiger partial charge is 0.379 e. The molecule has 0 aliphatic carbocycles. The van der Waals surface area contributed by atoms with Gasteiger partial charge in [-0.25, -0.2) is 8.42 Å². The lowest BCUT2D eigenvalue weighted by atomic mass is 10.3. The van der Waals surface area contributed by atoms with Gasteiger partial charge in [-0.2, -0.15) is 4.31 Å². The Morgan fingerprint density at radius 3 is 2.00 bits per heavy atom. The molecule has 1 aliphatic heterocycles. The van der Waals surface area contributed by atoms with E-state index in [1.165, 1.54) is 4.31 Å². The van der Waals surface area contributed by atoms with Gasteiger partial charge in [0.15, 0.2) is 5.11 Å². The molecule has 26 heavy (non-hydrogen) atoms. The maximum absolute atomic E-state index is 12.6. The molecule has 2 aromatic carbocycles. The second-order valence-corrected chi connectivity index (χ2v) is 8.89. The number of rotatable bonds is 4. The van der Waals surface area contributed by atoms with E-state index in [1.807, 2.05) is 24.3 Å². The van der Waals surface area contributed by atoms with Gasteiger partial charge in [0.05, 0.1) is 18.1 Å². The molecule has 0 amide bonds. The molecule has 1 saturated heterocycles. The average Bonchev–Trinajstić information content (AvgIpc) is 2.65. The smallest absolute Gasteiger partial charge is 0.243 e. The fourth-order valence-corrected chi connectivity index (χ4v) is 4.38. The number of sulfonamides is 1. The van der Waals surface area contributed by atoms with Crippen LogP contribution in [0.4, 0.5) is 11.4 Å². The van der Waals surface area contributed by atoms with Crippen LogP contribution in [0.5, 0.6) is 0 Å². The number of ether oxygens (including phenoxy) is 1. The zero-order chi connectivity index (χ0) is 18.6. The minimum atomic E-state index is -3.49. The van der Waals surface area contributed by atoms with Gasteiger partial charge in [0.25, 0.3) is 0 Å². The number of anilines is 2. The monoisotopic (exact) mass is 455 g/mol. The van der Waals surface area contributed by atoms with Crippen molar-refractivity contribution in [1.29, 1.82) is 0 Å². The highest BCUT2D eigenvalue weighted by Crippen LogP contribution is 2.20. The third-order valence-electron chi connectivity index (χ3n) is 3.82. The molecule has 0 radical (unpaired) electrons. The third-order valence-corrected chi connectivity index (χ3v) is 6.47. The molecular weight excluding hydrogens is 438 g/mol. The summed E-state index contributed by atoms with van der Waals surface area (Å²) in [6, 6.07) is 14.2. The van der Waals surface area contributed by atoms with Crippen LogP contribution in [0, 0.1) is 0 Å². The van der Waals surface area contributed by atoms with Crippen molar-refractivity contribution < 1.29 is 13.2 Å². The molecule has 0 atom stereocenters. The standard InChI is InChI=1S/C17H18BrN3O3S2/c18-13-1-3-14(4-2-13)19-17(25)20-15-5-7-16(8-6-15)26(22,23)21-9-11-24-12-10-21/h1-8H,9-12H2,(H2,19,20,25). The van der Waals surface area contributed by atoms with Crippen molar-refractivity contribution in [3.05, 3.63) is 53.0 Å². The van der Waals surface area contributed by atoms with Crippen LogP contribution >= 0.6 is 28.1 Å². The van der Waals surface area contributed by atoms with Crippen LogP contribution in [-0.4, -0.2) is 44.1 Å². The summed E-state index contributed by atoms with van der Waals surface area (Å²) in [6.07, 6.45) is 0. The lowest BCUT2D eigenvalue weighted by Crippen LogP contribution is -2.40. The Bertz CT molecular complexity index is 865. The second kappa shape index (κ2) is 8.45. The van der Waals surface area contributed by atoms with Gasteiger partial charge in [0.2, 0.25) is 10.0 Å². The molecule has 1 aliphatic rings. The summed E-state index contributed by atoms with van der Waals surface area (Å²) in [6.45, 7) is 1.61. The highest BCUT2D eigenvalue weighted by Gasteiger charge is 2.26. The summed E-state index contributed by atoms with van der Waals surface area (Å²) in [5.41, 5.74) is 1.57. The summed E-state index contributed by atoms with van der Waals surface area (Å²) in [7, 11) is -3.49. The van der Waals surface area contributed by atoms with Crippen molar-refractivity contribution in [2.24, 2.45) is 0 Å². The van der Waals surface area contributed by atoms with E-state index in [1.54, 1.807) is 24.3 Å². The Labute approximate surface area is 166 Å². The van der Waals surface area contributed by atoms with E-state index in [0.717, 1.165) is 10.2 Å². The molecule has 0 bridgehead atoms.